The van der Waals surface area contributed by atoms with Crippen LogP contribution < -0.4 is 15.5 Å². The van der Waals surface area contributed by atoms with Gasteiger partial charge < -0.3 is 4.90 Å². The maximum atomic E-state index is 10.6. The van der Waals surface area contributed by atoms with Crippen molar-refractivity contribution < 1.29 is 0 Å². The number of hydrogen-bond acceptors (Lipinski definition) is 2. The van der Waals surface area contributed by atoms with Crippen molar-refractivity contribution in [1.82, 2.24) is 0 Å². The highest BCUT2D eigenvalue weighted by Crippen LogP contribution is 2.58. The Morgan fingerprint density at radius 1 is 0.605 bits per heavy atom. The van der Waals surface area contributed by atoms with E-state index in [1.807, 2.05) is 48.6 Å². The zero-order chi connectivity index (χ0) is 29.8. The van der Waals surface area contributed by atoms with Crippen LogP contribution in [0.15, 0.2) is 151 Å². The third kappa shape index (κ3) is 5.13. The molecule has 0 N–H and O–H groups in total. The average molecular weight is 572 g/mol. The van der Waals surface area contributed by atoms with E-state index in [1.165, 1.54) is 11.1 Å². The van der Waals surface area contributed by atoms with Gasteiger partial charge in [0.15, 0.2) is 5.44 Å². The van der Waals surface area contributed by atoms with E-state index in [0.29, 0.717) is 10.7 Å². The normalized spacial score (nSPS) is 13.7. The van der Waals surface area contributed by atoms with Crippen LogP contribution in [-0.4, -0.2) is 5.29 Å². The Hall–Kier alpha value is -5.34. The molecule has 0 bridgehead atoms. The van der Waals surface area contributed by atoms with Crippen LogP contribution in [0.2, 0.25) is 0 Å². The first-order chi connectivity index (χ1) is 21.0. The number of allylic oxidation sites excluding steroid dienone is 3. The largest absolute Gasteiger partial charge is 0.311 e. The summed E-state index contributed by atoms with van der Waals surface area (Å²) in [5.41, 5.74) is 8.06. The van der Waals surface area contributed by atoms with Crippen molar-refractivity contribution in [2.24, 2.45) is 0 Å². The van der Waals surface area contributed by atoms with Crippen LogP contribution in [0.3, 0.4) is 0 Å². The lowest BCUT2D eigenvalue weighted by Gasteiger charge is -2.31. The smallest absolute Gasteiger partial charge is 0.196 e. The van der Waals surface area contributed by atoms with Gasteiger partial charge in [0.2, 0.25) is 0 Å². The summed E-state index contributed by atoms with van der Waals surface area (Å²) in [6, 6.07) is 48.1. The minimum atomic E-state index is -2.61. The molecule has 5 aromatic rings. The Kier molecular flexibility index (Phi) is 7.68. The maximum absolute atomic E-state index is 10.6. The summed E-state index contributed by atoms with van der Waals surface area (Å²) in [5.74, 6) is 0. The van der Waals surface area contributed by atoms with Gasteiger partial charge >= 0.3 is 0 Å². The lowest BCUT2D eigenvalue weighted by atomic mass is 10.0. The van der Waals surface area contributed by atoms with E-state index in [-0.39, 0.29) is 0 Å². The Morgan fingerprint density at radius 2 is 1.05 bits per heavy atom. The van der Waals surface area contributed by atoms with Gasteiger partial charge in [0.1, 0.15) is 0 Å². The molecule has 206 valence electrons. The first-order valence-electron chi connectivity index (χ1n) is 14.2. The minimum absolute atomic E-state index is 0.615. The first-order valence-corrected chi connectivity index (χ1v) is 16.0. The molecule has 43 heavy (non-hydrogen) atoms. The van der Waals surface area contributed by atoms with E-state index in [1.54, 1.807) is 0 Å². The van der Waals surface area contributed by atoms with Crippen molar-refractivity contribution in [3.05, 3.63) is 179 Å². The number of aryl methyl sites for hydroxylation is 2. The molecule has 1 heterocycles. The van der Waals surface area contributed by atoms with Crippen molar-refractivity contribution in [3.8, 4) is 6.07 Å². The number of rotatable bonds is 6. The van der Waals surface area contributed by atoms with Gasteiger partial charge in [0, 0.05) is 23.9 Å². The lowest BCUT2D eigenvalue weighted by Crippen LogP contribution is -2.23. The van der Waals surface area contributed by atoms with Gasteiger partial charge in [-0.3, -0.25) is 0 Å². The van der Waals surface area contributed by atoms with Crippen molar-refractivity contribution >= 4 is 45.4 Å². The van der Waals surface area contributed by atoms with E-state index >= 15 is 0 Å². The van der Waals surface area contributed by atoms with E-state index in [2.05, 4.69) is 127 Å². The molecule has 0 amide bonds. The number of nitriles is 1. The van der Waals surface area contributed by atoms with Crippen LogP contribution in [0.1, 0.15) is 16.7 Å². The van der Waals surface area contributed by atoms with Crippen molar-refractivity contribution in [3.63, 3.8) is 0 Å². The molecule has 4 heteroatoms. The third-order valence-corrected chi connectivity index (χ3v) is 11.9. The quantitative estimate of drug-likeness (QED) is 0.150. The second-order valence-electron chi connectivity index (χ2n) is 10.6. The topological polar surface area (TPSA) is 31.4 Å². The lowest BCUT2D eigenvalue weighted by molar-refractivity contribution is 1.27. The molecule has 1 aliphatic rings. The highest BCUT2D eigenvalue weighted by molar-refractivity contribution is 7.93. The Morgan fingerprint density at radius 3 is 1.47 bits per heavy atom. The van der Waals surface area contributed by atoms with Crippen molar-refractivity contribution in [1.29, 1.82) is 5.26 Å². The van der Waals surface area contributed by atoms with Gasteiger partial charge in [0.05, 0.1) is 17.9 Å². The molecule has 0 unspecified atom stereocenters. The maximum Gasteiger partial charge on any atom is 0.196 e. The van der Waals surface area contributed by atoms with Crippen LogP contribution in [0.25, 0.3) is 10.4 Å². The SMILES string of the molecule is [C-]#[N+]C1=CC(c2ccc(N(c3ccc(C)cc3)c3ccc(C)cc3)cc2)=CC(C#N)=P1(c1ccccc1)c1ccccc1. The monoisotopic (exact) mass is 571 g/mol. The molecule has 5 aromatic carbocycles. The molecule has 1 aliphatic heterocycles. The second kappa shape index (κ2) is 11.9. The van der Waals surface area contributed by atoms with Crippen LogP contribution in [-0.2, 0) is 0 Å². The van der Waals surface area contributed by atoms with E-state index in [9.17, 15) is 5.26 Å². The fourth-order valence-electron chi connectivity index (χ4n) is 5.66. The molecule has 0 aromatic heterocycles. The molecule has 0 aliphatic carbocycles. The van der Waals surface area contributed by atoms with Gasteiger partial charge in [-0.1, -0.05) is 108 Å². The molecule has 6 rings (SSSR count). The van der Waals surface area contributed by atoms with E-state index < -0.39 is 6.89 Å². The molecular formula is C39H30N3P. The predicted molar refractivity (Wildman–Crippen MR) is 183 cm³/mol. The molecule has 0 saturated carbocycles. The number of benzene rings is 5. The molecule has 3 nitrogen and oxygen atoms in total. The number of nitrogens with zero attached hydrogens (tertiary/aromatic N) is 3. The molecule has 0 radical (unpaired) electrons. The summed E-state index contributed by atoms with van der Waals surface area (Å²) >= 11 is 0. The minimum Gasteiger partial charge on any atom is -0.311 e. The fourth-order valence-corrected chi connectivity index (χ4v) is 9.49. The average Bonchev–Trinajstić information content (AvgIpc) is 3.07. The number of hydrogen-bond donors (Lipinski definition) is 0. The molecule has 0 saturated heterocycles. The standard InChI is InChI=1S/C39H30N3P/c1-29-14-20-33(21-15-29)42(34-22-16-30(2)17-23-34)35-24-18-31(19-25-35)32-26-38(28-40)43(39(27-32)41-3,36-10-6-4-7-11-36)37-12-8-5-9-13-37/h4-27H,1-2H3. The molecule has 0 atom stereocenters. The van der Waals surface area contributed by atoms with Crippen LogP contribution >= 0.6 is 6.89 Å². The van der Waals surface area contributed by atoms with Gasteiger partial charge in [-0.2, -0.15) is 5.26 Å². The van der Waals surface area contributed by atoms with Gasteiger partial charge in [-0.25, -0.2) is 4.85 Å². The Balaban J connectivity index is 1.49. The first kappa shape index (κ1) is 27.8. The predicted octanol–water partition coefficient (Wildman–Crippen LogP) is 9.30. The molecule has 0 spiro atoms. The highest BCUT2D eigenvalue weighted by Gasteiger charge is 2.34. The highest BCUT2D eigenvalue weighted by atomic mass is 31.2. The van der Waals surface area contributed by atoms with E-state index in [4.69, 9.17) is 6.57 Å². The summed E-state index contributed by atoms with van der Waals surface area (Å²) in [6.07, 6.45) is 3.99. The summed E-state index contributed by atoms with van der Waals surface area (Å²) < 4.78 is 0. The van der Waals surface area contributed by atoms with E-state index in [0.717, 1.165) is 38.8 Å². The van der Waals surface area contributed by atoms with Gasteiger partial charge in [0.25, 0.3) is 0 Å². The van der Waals surface area contributed by atoms with Crippen molar-refractivity contribution in [2.75, 3.05) is 4.90 Å². The Labute approximate surface area is 254 Å². The third-order valence-electron chi connectivity index (χ3n) is 7.84. The summed E-state index contributed by atoms with van der Waals surface area (Å²) in [6.45, 7) is 9.89. The van der Waals surface area contributed by atoms with Gasteiger partial charge in [-0.15, -0.1) is 0 Å². The molecular weight excluding hydrogens is 541 g/mol. The van der Waals surface area contributed by atoms with Crippen LogP contribution in [0.5, 0.6) is 0 Å². The van der Waals surface area contributed by atoms with Crippen LogP contribution in [0, 0.1) is 31.8 Å². The second-order valence-corrected chi connectivity index (χ2v) is 13.9. The van der Waals surface area contributed by atoms with Gasteiger partial charge in [-0.05, 0) is 84.1 Å². The zero-order valence-corrected chi connectivity index (χ0v) is 25.0. The fraction of sp³-hybridized carbons (Fsp3) is 0.0513. The summed E-state index contributed by atoms with van der Waals surface area (Å²) in [5, 5.41) is 13.3. The number of anilines is 3. The van der Waals surface area contributed by atoms with Crippen molar-refractivity contribution in [2.45, 2.75) is 13.8 Å². The van der Waals surface area contributed by atoms with Crippen LogP contribution in [0.4, 0.5) is 17.1 Å². The summed E-state index contributed by atoms with van der Waals surface area (Å²) in [4.78, 5) is 6.35. The zero-order valence-electron chi connectivity index (χ0n) is 24.1. The Bertz CT molecular complexity index is 1880. The summed E-state index contributed by atoms with van der Waals surface area (Å²) in [7, 11) is 0. The molecule has 0 fully saturated rings.